The van der Waals surface area contributed by atoms with Crippen molar-refractivity contribution in [1.29, 1.82) is 0 Å². The first-order valence-electron chi connectivity index (χ1n) is 7.90. The summed E-state index contributed by atoms with van der Waals surface area (Å²) < 4.78 is 0. The number of rotatable bonds is 10. The maximum absolute atomic E-state index is 12.6. The van der Waals surface area contributed by atoms with Gasteiger partial charge in [-0.1, -0.05) is 40.5 Å². The zero-order valence-corrected chi connectivity index (χ0v) is 14.2. The maximum Gasteiger partial charge on any atom is 0.323 e. The summed E-state index contributed by atoms with van der Waals surface area (Å²) in [5.74, 6) is -3.19. The molecule has 3 unspecified atom stereocenters. The fourth-order valence-corrected chi connectivity index (χ4v) is 2.81. The van der Waals surface area contributed by atoms with Gasteiger partial charge >= 0.3 is 11.9 Å². The highest BCUT2D eigenvalue weighted by molar-refractivity contribution is 5.83. The number of aliphatic carboxylic acids is 2. The Kier molecular flexibility index (Phi) is 8.75. The first kappa shape index (κ1) is 20.4. The van der Waals surface area contributed by atoms with Crippen molar-refractivity contribution in [3.63, 3.8) is 0 Å². The zero-order chi connectivity index (χ0) is 17.4. The van der Waals surface area contributed by atoms with Gasteiger partial charge in [-0.05, 0) is 19.3 Å². The molecule has 0 saturated carbocycles. The number of carboxylic acid groups (broad SMARTS) is 2. The van der Waals surface area contributed by atoms with Crippen LogP contribution in [0.3, 0.4) is 0 Å². The van der Waals surface area contributed by atoms with Crippen LogP contribution < -0.4 is 0 Å². The normalized spacial score (nSPS) is 15.2. The lowest BCUT2D eigenvalue weighted by Gasteiger charge is -2.35. The average Bonchev–Trinajstić information content (AvgIpc) is 2.44. The minimum Gasteiger partial charge on any atom is -0.481 e. The quantitative estimate of drug-likeness (QED) is 0.646. The van der Waals surface area contributed by atoms with Crippen LogP contribution in [0.15, 0.2) is 0 Å². The van der Waals surface area contributed by atoms with Crippen LogP contribution in [-0.4, -0.2) is 45.5 Å². The molecule has 6 nitrogen and oxygen atoms in total. The fourth-order valence-electron chi connectivity index (χ4n) is 2.81. The van der Waals surface area contributed by atoms with Crippen molar-refractivity contribution < 1.29 is 24.6 Å². The van der Waals surface area contributed by atoms with Gasteiger partial charge in [0.1, 0.15) is 6.54 Å². The molecule has 2 N–H and O–H groups in total. The first-order valence-corrected chi connectivity index (χ1v) is 7.90. The van der Waals surface area contributed by atoms with E-state index >= 15 is 0 Å². The van der Waals surface area contributed by atoms with Gasteiger partial charge in [0.05, 0.1) is 5.92 Å². The Morgan fingerprint density at radius 3 is 1.82 bits per heavy atom. The molecule has 0 saturated heterocycles. The minimum absolute atomic E-state index is 0.179. The molecule has 0 bridgehead atoms. The predicted molar refractivity (Wildman–Crippen MR) is 83.5 cm³/mol. The van der Waals surface area contributed by atoms with Crippen molar-refractivity contribution in [2.75, 3.05) is 6.54 Å². The number of carbonyl (C=O) groups is 3. The molecule has 0 aromatic heterocycles. The molecule has 0 radical (unpaired) electrons. The second-order valence-corrected chi connectivity index (χ2v) is 6.05. The van der Waals surface area contributed by atoms with Gasteiger partial charge in [-0.25, -0.2) is 0 Å². The SMILES string of the molecule is CCC(CC)C(C)N(CC(=O)O)C(=O)C(C)CC(C)C(=O)O. The Morgan fingerprint density at radius 1 is 0.955 bits per heavy atom. The number of carboxylic acids is 2. The van der Waals surface area contributed by atoms with Gasteiger partial charge < -0.3 is 15.1 Å². The summed E-state index contributed by atoms with van der Waals surface area (Å²) in [6.45, 7) is 8.77. The van der Waals surface area contributed by atoms with Crippen LogP contribution in [0.4, 0.5) is 0 Å². The van der Waals surface area contributed by atoms with E-state index in [4.69, 9.17) is 10.2 Å². The van der Waals surface area contributed by atoms with E-state index in [1.807, 2.05) is 20.8 Å². The Morgan fingerprint density at radius 2 is 1.45 bits per heavy atom. The highest BCUT2D eigenvalue weighted by Crippen LogP contribution is 2.22. The van der Waals surface area contributed by atoms with Crippen LogP contribution in [-0.2, 0) is 14.4 Å². The third-order valence-corrected chi connectivity index (χ3v) is 4.36. The molecular weight excluding hydrogens is 286 g/mol. The van der Waals surface area contributed by atoms with Crippen LogP contribution in [0.1, 0.15) is 53.9 Å². The lowest BCUT2D eigenvalue weighted by Crippen LogP contribution is -2.47. The van der Waals surface area contributed by atoms with Crippen LogP contribution in [0.25, 0.3) is 0 Å². The number of hydrogen-bond acceptors (Lipinski definition) is 3. The molecule has 3 atom stereocenters. The summed E-state index contributed by atoms with van der Waals surface area (Å²) in [6.07, 6.45) is 1.93. The maximum atomic E-state index is 12.6. The first-order chi connectivity index (χ1) is 10.1. The molecule has 128 valence electrons. The van der Waals surface area contributed by atoms with Crippen molar-refractivity contribution in [3.05, 3.63) is 0 Å². The molecule has 1 amide bonds. The zero-order valence-electron chi connectivity index (χ0n) is 14.2. The number of amides is 1. The monoisotopic (exact) mass is 315 g/mol. The third-order valence-electron chi connectivity index (χ3n) is 4.36. The molecule has 0 spiro atoms. The van der Waals surface area contributed by atoms with Crippen molar-refractivity contribution >= 4 is 17.8 Å². The van der Waals surface area contributed by atoms with E-state index in [2.05, 4.69) is 0 Å². The molecule has 0 fully saturated rings. The second-order valence-electron chi connectivity index (χ2n) is 6.05. The van der Waals surface area contributed by atoms with Gasteiger partial charge in [-0.2, -0.15) is 0 Å². The molecule has 0 aliphatic carbocycles. The van der Waals surface area contributed by atoms with E-state index in [9.17, 15) is 14.4 Å². The van der Waals surface area contributed by atoms with Crippen LogP contribution in [0.2, 0.25) is 0 Å². The molecule has 0 aromatic rings. The Balaban J connectivity index is 5.12. The average molecular weight is 315 g/mol. The van der Waals surface area contributed by atoms with Gasteiger partial charge in [0.2, 0.25) is 5.91 Å². The number of nitrogens with zero attached hydrogens (tertiary/aromatic N) is 1. The second kappa shape index (κ2) is 9.43. The Hall–Kier alpha value is -1.59. The summed E-state index contributed by atoms with van der Waals surface area (Å²) in [4.78, 5) is 36.0. The molecule has 0 aliphatic rings. The van der Waals surface area contributed by atoms with Crippen LogP contribution in [0, 0.1) is 17.8 Å². The highest BCUT2D eigenvalue weighted by atomic mass is 16.4. The van der Waals surface area contributed by atoms with Crippen molar-refractivity contribution in [2.45, 2.75) is 59.9 Å². The highest BCUT2D eigenvalue weighted by Gasteiger charge is 2.31. The van der Waals surface area contributed by atoms with E-state index in [1.165, 1.54) is 4.90 Å². The topological polar surface area (TPSA) is 94.9 Å². The molecule has 6 heteroatoms. The standard InChI is InChI=1S/C16H29NO5/c1-6-13(7-2)12(5)17(9-14(18)19)15(20)10(3)8-11(4)16(21)22/h10-13H,6-9H2,1-5H3,(H,18,19)(H,21,22). The van der Waals surface area contributed by atoms with Crippen LogP contribution >= 0.6 is 0 Å². The minimum atomic E-state index is -1.05. The van der Waals surface area contributed by atoms with Crippen molar-refractivity contribution in [2.24, 2.45) is 17.8 Å². The Labute approximate surface area is 132 Å². The largest absolute Gasteiger partial charge is 0.481 e. The van der Waals surface area contributed by atoms with E-state index < -0.39 is 23.8 Å². The predicted octanol–water partition coefficient (Wildman–Crippen LogP) is 2.47. The summed E-state index contributed by atoms with van der Waals surface area (Å²) in [5.41, 5.74) is 0. The van der Waals surface area contributed by atoms with Crippen molar-refractivity contribution in [1.82, 2.24) is 4.90 Å². The van der Waals surface area contributed by atoms with Crippen LogP contribution in [0.5, 0.6) is 0 Å². The summed E-state index contributed by atoms with van der Waals surface area (Å²) >= 11 is 0. The Bertz CT molecular complexity index is 392. The van der Waals surface area contributed by atoms with E-state index in [-0.39, 0.29) is 30.8 Å². The van der Waals surface area contributed by atoms with Gasteiger partial charge in [-0.3, -0.25) is 14.4 Å². The summed E-state index contributed by atoms with van der Waals surface area (Å²) in [5, 5.41) is 18.0. The van der Waals surface area contributed by atoms with Gasteiger partial charge in [0, 0.05) is 12.0 Å². The van der Waals surface area contributed by atoms with Gasteiger partial charge in [0.15, 0.2) is 0 Å². The number of hydrogen-bond donors (Lipinski definition) is 2. The summed E-state index contributed by atoms with van der Waals surface area (Å²) in [7, 11) is 0. The third kappa shape index (κ3) is 6.03. The molecular formula is C16H29NO5. The van der Waals surface area contributed by atoms with Gasteiger partial charge in [-0.15, -0.1) is 0 Å². The van der Waals surface area contributed by atoms with Gasteiger partial charge in [0.25, 0.3) is 0 Å². The number of carbonyl (C=O) groups excluding carboxylic acids is 1. The molecule has 0 aliphatic heterocycles. The fraction of sp³-hybridized carbons (Fsp3) is 0.812. The summed E-state index contributed by atoms with van der Waals surface area (Å²) in [6, 6.07) is -0.179. The lowest BCUT2D eigenvalue weighted by atomic mass is 9.91. The molecule has 0 heterocycles. The van der Waals surface area contributed by atoms with Crippen molar-refractivity contribution in [3.8, 4) is 0 Å². The van der Waals surface area contributed by atoms with E-state index in [0.717, 1.165) is 12.8 Å². The van der Waals surface area contributed by atoms with E-state index in [1.54, 1.807) is 13.8 Å². The molecule has 0 rings (SSSR count). The molecule has 22 heavy (non-hydrogen) atoms. The lowest BCUT2D eigenvalue weighted by molar-refractivity contribution is -0.150. The molecule has 0 aromatic carbocycles. The van der Waals surface area contributed by atoms with E-state index in [0.29, 0.717) is 0 Å². The smallest absolute Gasteiger partial charge is 0.323 e.